The topological polar surface area (TPSA) is 66.9 Å². The minimum atomic E-state index is -0.416. The van der Waals surface area contributed by atoms with Crippen LogP contribution in [0.1, 0.15) is 19.8 Å². The minimum Gasteiger partial charge on any atom is -0.258 e. The van der Waals surface area contributed by atoms with Crippen LogP contribution in [0.4, 0.5) is 5.69 Å². The Hall–Kier alpha value is -1.54. The van der Waals surface area contributed by atoms with Crippen molar-refractivity contribution < 1.29 is 4.92 Å². The molecule has 0 radical (unpaired) electrons. The van der Waals surface area contributed by atoms with Crippen LogP contribution < -0.4 is 0 Å². The molecule has 0 amide bonds. The molecule has 0 spiro atoms. The van der Waals surface area contributed by atoms with Crippen LogP contribution in [-0.2, 0) is 0 Å². The summed E-state index contributed by atoms with van der Waals surface area (Å²) in [5, 5.41) is 19.3. The second-order valence-electron chi connectivity index (χ2n) is 3.26. The Morgan fingerprint density at radius 1 is 1.50 bits per heavy atom. The summed E-state index contributed by atoms with van der Waals surface area (Å²) in [6.45, 7) is 2.03. The lowest BCUT2D eigenvalue weighted by Gasteiger charge is -2.09. The lowest BCUT2D eigenvalue weighted by molar-refractivity contribution is -0.384. The van der Waals surface area contributed by atoms with Crippen molar-refractivity contribution in [3.8, 4) is 6.07 Å². The Balaban J connectivity index is 2.68. The predicted octanol–water partition coefficient (Wildman–Crippen LogP) is 3.38. The smallest absolute Gasteiger partial charge is 0.258 e. The van der Waals surface area contributed by atoms with Crippen molar-refractivity contribution in [2.24, 2.45) is 0 Å². The average molecular weight is 236 g/mol. The van der Waals surface area contributed by atoms with Gasteiger partial charge in [-0.2, -0.15) is 5.26 Å². The Bertz CT molecular complexity index is 397. The molecule has 0 fully saturated rings. The Labute approximate surface area is 98.4 Å². The highest BCUT2D eigenvalue weighted by molar-refractivity contribution is 8.00. The van der Waals surface area contributed by atoms with Crippen LogP contribution in [0, 0.1) is 21.4 Å². The Kier molecular flexibility index (Phi) is 4.80. The fourth-order valence-corrected chi connectivity index (χ4v) is 2.21. The van der Waals surface area contributed by atoms with Gasteiger partial charge in [-0.3, -0.25) is 10.1 Å². The number of nitriles is 1. The maximum absolute atomic E-state index is 10.4. The lowest BCUT2D eigenvalue weighted by atomic mass is 10.3. The van der Waals surface area contributed by atoms with Gasteiger partial charge in [-0.1, -0.05) is 6.92 Å². The molecule has 1 rings (SSSR count). The first-order valence-electron chi connectivity index (χ1n) is 4.95. The molecule has 16 heavy (non-hydrogen) atoms. The van der Waals surface area contributed by atoms with Crippen molar-refractivity contribution in [2.45, 2.75) is 29.9 Å². The Morgan fingerprint density at radius 2 is 2.12 bits per heavy atom. The monoisotopic (exact) mass is 236 g/mol. The van der Waals surface area contributed by atoms with Crippen molar-refractivity contribution in [3.63, 3.8) is 0 Å². The number of nitrogens with zero attached hydrogens (tertiary/aromatic N) is 2. The zero-order valence-electron chi connectivity index (χ0n) is 8.92. The van der Waals surface area contributed by atoms with Crippen LogP contribution >= 0.6 is 11.8 Å². The standard InChI is InChI=1S/C11H12N2O2S/c1-2-10(7-8-12)16-11-5-3-9(4-6-11)13(14)15/h3-6,10H,2,7H2,1H3. The van der Waals surface area contributed by atoms with Gasteiger partial charge in [0, 0.05) is 28.7 Å². The number of benzene rings is 1. The molecular formula is C11H12N2O2S. The van der Waals surface area contributed by atoms with Crippen molar-refractivity contribution >= 4 is 17.4 Å². The number of non-ortho nitro benzene ring substituents is 1. The van der Waals surface area contributed by atoms with E-state index in [9.17, 15) is 10.1 Å². The molecule has 0 bridgehead atoms. The van der Waals surface area contributed by atoms with E-state index in [-0.39, 0.29) is 10.9 Å². The van der Waals surface area contributed by atoms with Gasteiger partial charge in [-0.25, -0.2) is 0 Å². The quantitative estimate of drug-likeness (QED) is 0.446. The van der Waals surface area contributed by atoms with E-state index < -0.39 is 4.92 Å². The second kappa shape index (κ2) is 6.13. The van der Waals surface area contributed by atoms with Gasteiger partial charge in [0.2, 0.25) is 0 Å². The van der Waals surface area contributed by atoms with Gasteiger partial charge in [-0.15, -0.1) is 11.8 Å². The van der Waals surface area contributed by atoms with Crippen LogP contribution in [0.2, 0.25) is 0 Å². The molecule has 0 aliphatic rings. The summed E-state index contributed by atoms with van der Waals surface area (Å²) in [7, 11) is 0. The van der Waals surface area contributed by atoms with Crippen molar-refractivity contribution in [1.29, 1.82) is 5.26 Å². The summed E-state index contributed by atoms with van der Waals surface area (Å²) in [5.41, 5.74) is 0.0951. The van der Waals surface area contributed by atoms with E-state index in [1.165, 1.54) is 12.1 Å². The third-order valence-corrected chi connectivity index (χ3v) is 3.50. The number of rotatable bonds is 5. The van der Waals surface area contributed by atoms with Crippen LogP contribution in [0.25, 0.3) is 0 Å². The van der Waals surface area contributed by atoms with Gasteiger partial charge >= 0.3 is 0 Å². The van der Waals surface area contributed by atoms with Gasteiger partial charge in [-0.05, 0) is 18.6 Å². The van der Waals surface area contributed by atoms with Gasteiger partial charge in [0.05, 0.1) is 11.0 Å². The van der Waals surface area contributed by atoms with E-state index in [0.717, 1.165) is 11.3 Å². The normalized spacial score (nSPS) is 11.8. The first-order chi connectivity index (χ1) is 7.67. The predicted molar refractivity (Wildman–Crippen MR) is 63.3 cm³/mol. The molecular weight excluding hydrogens is 224 g/mol. The Morgan fingerprint density at radius 3 is 2.56 bits per heavy atom. The molecule has 4 nitrogen and oxygen atoms in total. The van der Waals surface area contributed by atoms with Crippen LogP contribution in [0.5, 0.6) is 0 Å². The number of thioether (sulfide) groups is 1. The van der Waals surface area contributed by atoms with E-state index in [4.69, 9.17) is 5.26 Å². The molecule has 0 saturated carbocycles. The fourth-order valence-electron chi connectivity index (χ4n) is 1.21. The third kappa shape index (κ3) is 3.55. The average Bonchev–Trinajstić information content (AvgIpc) is 2.29. The zero-order chi connectivity index (χ0) is 12.0. The number of hydrogen-bond acceptors (Lipinski definition) is 4. The third-order valence-electron chi connectivity index (χ3n) is 2.12. The van der Waals surface area contributed by atoms with Crippen LogP contribution in [0.3, 0.4) is 0 Å². The zero-order valence-corrected chi connectivity index (χ0v) is 9.74. The summed E-state index contributed by atoms with van der Waals surface area (Å²) in [5.74, 6) is 0. The molecule has 0 N–H and O–H groups in total. The van der Waals surface area contributed by atoms with E-state index in [1.54, 1.807) is 23.9 Å². The second-order valence-corrected chi connectivity index (χ2v) is 4.64. The highest BCUT2D eigenvalue weighted by Crippen LogP contribution is 2.28. The molecule has 0 aromatic heterocycles. The molecule has 1 aromatic carbocycles. The summed E-state index contributed by atoms with van der Waals surface area (Å²) in [6.07, 6.45) is 1.41. The molecule has 0 aliphatic carbocycles. The number of nitro benzene ring substituents is 1. The van der Waals surface area contributed by atoms with Crippen molar-refractivity contribution in [2.75, 3.05) is 0 Å². The largest absolute Gasteiger partial charge is 0.269 e. The number of nitro groups is 1. The first-order valence-corrected chi connectivity index (χ1v) is 5.83. The molecule has 0 heterocycles. The van der Waals surface area contributed by atoms with Gasteiger partial charge in [0.15, 0.2) is 0 Å². The van der Waals surface area contributed by atoms with Gasteiger partial charge in [0.25, 0.3) is 5.69 Å². The molecule has 1 atom stereocenters. The van der Waals surface area contributed by atoms with Crippen LogP contribution in [0.15, 0.2) is 29.2 Å². The van der Waals surface area contributed by atoms with E-state index in [2.05, 4.69) is 6.07 Å². The minimum absolute atomic E-state index is 0.0951. The molecule has 5 heteroatoms. The van der Waals surface area contributed by atoms with E-state index >= 15 is 0 Å². The molecule has 1 unspecified atom stereocenters. The lowest BCUT2D eigenvalue weighted by Crippen LogP contribution is -1.98. The molecule has 1 aromatic rings. The maximum atomic E-state index is 10.4. The first kappa shape index (κ1) is 12.5. The maximum Gasteiger partial charge on any atom is 0.269 e. The molecule has 0 aliphatic heterocycles. The summed E-state index contributed by atoms with van der Waals surface area (Å²) < 4.78 is 0. The van der Waals surface area contributed by atoms with Gasteiger partial charge < -0.3 is 0 Å². The van der Waals surface area contributed by atoms with Crippen molar-refractivity contribution in [3.05, 3.63) is 34.4 Å². The SMILES string of the molecule is CCC(CC#N)Sc1ccc([N+](=O)[O-])cc1. The van der Waals surface area contributed by atoms with Crippen LogP contribution in [-0.4, -0.2) is 10.2 Å². The summed E-state index contributed by atoms with van der Waals surface area (Å²) in [6, 6.07) is 8.56. The van der Waals surface area contributed by atoms with Crippen molar-refractivity contribution in [1.82, 2.24) is 0 Å². The fraction of sp³-hybridized carbons (Fsp3) is 0.364. The highest BCUT2D eigenvalue weighted by atomic mass is 32.2. The molecule has 0 saturated heterocycles. The van der Waals surface area contributed by atoms with E-state index in [0.29, 0.717) is 6.42 Å². The molecule has 84 valence electrons. The summed E-state index contributed by atoms with van der Waals surface area (Å²) >= 11 is 1.59. The summed E-state index contributed by atoms with van der Waals surface area (Å²) in [4.78, 5) is 11.0. The van der Waals surface area contributed by atoms with E-state index in [1.807, 2.05) is 6.92 Å². The highest BCUT2D eigenvalue weighted by Gasteiger charge is 2.09. The van der Waals surface area contributed by atoms with Gasteiger partial charge in [0.1, 0.15) is 0 Å². The number of hydrogen-bond donors (Lipinski definition) is 0.